The minimum atomic E-state index is -0.817. The first kappa shape index (κ1) is 17.3. The highest BCUT2D eigenvalue weighted by molar-refractivity contribution is 5.86. The maximum Gasteiger partial charge on any atom is 0.140 e. The summed E-state index contributed by atoms with van der Waals surface area (Å²) < 4.78 is 5.41. The number of ether oxygens (including phenoxy) is 1. The van der Waals surface area contributed by atoms with Gasteiger partial charge in [0.2, 0.25) is 0 Å². The Hall–Kier alpha value is -3.11. The van der Waals surface area contributed by atoms with Gasteiger partial charge in [-0.15, -0.1) is 0 Å². The van der Waals surface area contributed by atoms with Crippen molar-refractivity contribution in [1.29, 1.82) is 0 Å². The van der Waals surface area contributed by atoms with E-state index in [9.17, 15) is 5.11 Å². The molecular weight excluding hydrogens is 336 g/mol. The highest BCUT2D eigenvalue weighted by Gasteiger charge is 2.17. The number of methoxy groups -OCH3 is 1. The fraction of sp³-hybridized carbons (Fsp3) is 0.174. The third-order valence-corrected chi connectivity index (χ3v) is 4.92. The molecule has 4 aromatic rings. The average molecular weight is 358 g/mol. The van der Waals surface area contributed by atoms with Crippen LogP contribution in [0.15, 0.2) is 60.8 Å². The van der Waals surface area contributed by atoms with Crippen LogP contribution in [0, 0.1) is 13.8 Å². The molecule has 0 radical (unpaired) electrons. The largest absolute Gasteiger partial charge is 0.496 e. The van der Waals surface area contributed by atoms with Gasteiger partial charge >= 0.3 is 0 Å². The molecular formula is C23H22N2O2. The molecule has 0 aliphatic heterocycles. The van der Waals surface area contributed by atoms with Crippen molar-refractivity contribution < 1.29 is 9.84 Å². The zero-order chi connectivity index (χ0) is 19.0. The standard InChI is InChI=1S/C23H22N2O2/c1-14-10-19(11-15(2)22(14)27-3)21(26)23-24-13-20(25-23)18-9-8-16-6-4-5-7-17(16)12-18/h4-13,21,26H,1-3H3,(H,24,25). The van der Waals surface area contributed by atoms with Crippen molar-refractivity contribution in [2.45, 2.75) is 20.0 Å². The fourth-order valence-corrected chi connectivity index (χ4v) is 3.60. The molecule has 4 rings (SSSR count). The zero-order valence-electron chi connectivity index (χ0n) is 15.7. The lowest BCUT2D eigenvalue weighted by atomic mass is 10.0. The van der Waals surface area contributed by atoms with Crippen LogP contribution < -0.4 is 4.74 Å². The summed E-state index contributed by atoms with van der Waals surface area (Å²) >= 11 is 0. The van der Waals surface area contributed by atoms with Crippen molar-refractivity contribution >= 4 is 10.8 Å². The van der Waals surface area contributed by atoms with Gasteiger partial charge < -0.3 is 14.8 Å². The van der Waals surface area contributed by atoms with Crippen LogP contribution in [-0.4, -0.2) is 22.2 Å². The maximum atomic E-state index is 10.8. The second kappa shape index (κ2) is 6.89. The summed E-state index contributed by atoms with van der Waals surface area (Å²) in [5.74, 6) is 1.38. The van der Waals surface area contributed by atoms with Crippen LogP contribution in [0.4, 0.5) is 0 Å². The Labute approximate surface area is 158 Å². The SMILES string of the molecule is COc1c(C)cc(C(O)c2ncc(-c3ccc4ccccc4c3)[nH]2)cc1C. The van der Waals surface area contributed by atoms with Crippen molar-refractivity contribution in [3.8, 4) is 17.0 Å². The third kappa shape index (κ3) is 3.20. The lowest BCUT2D eigenvalue weighted by Crippen LogP contribution is -2.04. The van der Waals surface area contributed by atoms with E-state index < -0.39 is 6.10 Å². The first-order valence-corrected chi connectivity index (χ1v) is 8.94. The van der Waals surface area contributed by atoms with E-state index >= 15 is 0 Å². The quantitative estimate of drug-likeness (QED) is 0.543. The van der Waals surface area contributed by atoms with Crippen LogP contribution in [0.5, 0.6) is 5.75 Å². The molecule has 0 spiro atoms. The van der Waals surface area contributed by atoms with Gasteiger partial charge in [-0.1, -0.05) is 36.4 Å². The Morgan fingerprint density at radius 2 is 1.67 bits per heavy atom. The van der Waals surface area contributed by atoms with Gasteiger partial charge in [-0.05, 0) is 59.5 Å². The van der Waals surface area contributed by atoms with Gasteiger partial charge in [0.05, 0.1) is 19.0 Å². The lowest BCUT2D eigenvalue weighted by Gasteiger charge is -2.14. The molecule has 4 nitrogen and oxygen atoms in total. The molecule has 1 atom stereocenters. The van der Waals surface area contributed by atoms with Crippen molar-refractivity contribution in [3.63, 3.8) is 0 Å². The Kier molecular flexibility index (Phi) is 4.42. The summed E-state index contributed by atoms with van der Waals surface area (Å²) in [4.78, 5) is 7.68. The van der Waals surface area contributed by atoms with Gasteiger partial charge in [0.1, 0.15) is 17.7 Å². The predicted octanol–water partition coefficient (Wildman–Crippen LogP) is 4.94. The number of imidazole rings is 1. The number of aliphatic hydroxyl groups excluding tert-OH is 1. The van der Waals surface area contributed by atoms with Crippen LogP contribution in [-0.2, 0) is 0 Å². The molecule has 136 valence electrons. The molecule has 1 heterocycles. The van der Waals surface area contributed by atoms with E-state index in [2.05, 4.69) is 40.3 Å². The molecule has 3 aromatic carbocycles. The summed E-state index contributed by atoms with van der Waals surface area (Å²) in [5, 5.41) is 13.2. The summed E-state index contributed by atoms with van der Waals surface area (Å²) in [6, 6.07) is 18.4. The first-order valence-electron chi connectivity index (χ1n) is 8.94. The summed E-state index contributed by atoms with van der Waals surface area (Å²) in [6.07, 6.45) is 0.953. The molecule has 0 aliphatic rings. The van der Waals surface area contributed by atoms with E-state index in [1.54, 1.807) is 13.3 Å². The smallest absolute Gasteiger partial charge is 0.140 e. The number of aliphatic hydroxyl groups is 1. The van der Waals surface area contributed by atoms with Gasteiger partial charge in [0.15, 0.2) is 0 Å². The predicted molar refractivity (Wildman–Crippen MR) is 108 cm³/mol. The molecule has 2 N–H and O–H groups in total. The normalized spacial score (nSPS) is 12.3. The fourth-order valence-electron chi connectivity index (χ4n) is 3.60. The number of aromatic amines is 1. The molecule has 27 heavy (non-hydrogen) atoms. The van der Waals surface area contributed by atoms with Gasteiger partial charge in [-0.2, -0.15) is 0 Å². The van der Waals surface area contributed by atoms with Crippen LogP contribution in [0.25, 0.3) is 22.0 Å². The van der Waals surface area contributed by atoms with Crippen LogP contribution in [0.1, 0.15) is 28.6 Å². The Morgan fingerprint density at radius 1 is 0.963 bits per heavy atom. The Morgan fingerprint density at radius 3 is 2.37 bits per heavy atom. The van der Waals surface area contributed by atoms with Crippen molar-refractivity contribution in [1.82, 2.24) is 9.97 Å². The van der Waals surface area contributed by atoms with Crippen molar-refractivity contribution in [2.24, 2.45) is 0 Å². The van der Waals surface area contributed by atoms with Gasteiger partial charge in [0.25, 0.3) is 0 Å². The number of H-pyrrole nitrogens is 1. The highest BCUT2D eigenvalue weighted by atomic mass is 16.5. The van der Waals surface area contributed by atoms with E-state index in [0.717, 1.165) is 33.7 Å². The molecule has 0 saturated heterocycles. The molecule has 4 heteroatoms. The Balaban J connectivity index is 1.67. The molecule has 0 bridgehead atoms. The second-order valence-electron chi connectivity index (χ2n) is 6.83. The zero-order valence-corrected chi connectivity index (χ0v) is 15.7. The number of aromatic nitrogens is 2. The number of fused-ring (bicyclic) bond motifs is 1. The summed E-state index contributed by atoms with van der Waals surface area (Å²) in [5.41, 5.74) is 4.71. The molecule has 0 saturated carbocycles. The summed E-state index contributed by atoms with van der Waals surface area (Å²) in [7, 11) is 1.66. The average Bonchev–Trinajstić information content (AvgIpc) is 3.17. The van der Waals surface area contributed by atoms with Gasteiger partial charge in [-0.3, -0.25) is 0 Å². The number of hydrogen-bond acceptors (Lipinski definition) is 3. The summed E-state index contributed by atoms with van der Waals surface area (Å²) in [6.45, 7) is 3.95. The van der Waals surface area contributed by atoms with Crippen LogP contribution in [0.2, 0.25) is 0 Å². The first-order chi connectivity index (χ1) is 13.1. The third-order valence-electron chi connectivity index (χ3n) is 4.92. The van der Waals surface area contributed by atoms with Crippen molar-refractivity contribution in [2.75, 3.05) is 7.11 Å². The van der Waals surface area contributed by atoms with E-state index in [1.165, 1.54) is 10.8 Å². The minimum absolute atomic E-state index is 0.530. The molecule has 0 aliphatic carbocycles. The van der Waals surface area contributed by atoms with E-state index in [4.69, 9.17) is 4.74 Å². The van der Waals surface area contributed by atoms with E-state index in [0.29, 0.717) is 5.82 Å². The number of rotatable bonds is 4. The monoisotopic (exact) mass is 358 g/mol. The molecule has 0 amide bonds. The highest BCUT2D eigenvalue weighted by Crippen LogP contribution is 2.30. The minimum Gasteiger partial charge on any atom is -0.496 e. The molecule has 0 fully saturated rings. The number of nitrogens with one attached hydrogen (secondary N) is 1. The van der Waals surface area contributed by atoms with E-state index in [-0.39, 0.29) is 0 Å². The van der Waals surface area contributed by atoms with Gasteiger partial charge in [0, 0.05) is 5.56 Å². The number of aryl methyl sites for hydroxylation is 2. The van der Waals surface area contributed by atoms with Crippen LogP contribution >= 0.6 is 0 Å². The number of benzene rings is 3. The maximum absolute atomic E-state index is 10.8. The van der Waals surface area contributed by atoms with Crippen molar-refractivity contribution in [3.05, 3.63) is 83.3 Å². The number of nitrogens with zero attached hydrogens (tertiary/aromatic N) is 1. The van der Waals surface area contributed by atoms with Crippen LogP contribution in [0.3, 0.4) is 0 Å². The second-order valence-corrected chi connectivity index (χ2v) is 6.83. The van der Waals surface area contributed by atoms with E-state index in [1.807, 2.05) is 38.1 Å². The van der Waals surface area contributed by atoms with Gasteiger partial charge in [-0.25, -0.2) is 4.98 Å². The topological polar surface area (TPSA) is 58.1 Å². The molecule has 1 unspecified atom stereocenters. The number of hydrogen-bond donors (Lipinski definition) is 2. The Bertz CT molecular complexity index is 1090. The lowest BCUT2D eigenvalue weighted by molar-refractivity contribution is 0.211. The molecule has 1 aromatic heterocycles.